The molecule has 0 N–H and O–H groups in total. The maximum Gasteiger partial charge on any atom is 0.0193 e. The van der Waals surface area contributed by atoms with Gasteiger partial charge in [0.25, 0.3) is 0 Å². The summed E-state index contributed by atoms with van der Waals surface area (Å²) in [6.45, 7) is 4.77. The first-order chi connectivity index (χ1) is 4.38. The van der Waals surface area contributed by atoms with Gasteiger partial charge < -0.3 is 0 Å². The van der Waals surface area contributed by atoms with Crippen molar-refractivity contribution in [2.24, 2.45) is 0 Å². The highest BCUT2D eigenvalue weighted by atomic mass is 79.9. The largest absolute Gasteiger partial charge is 0.300 e. The quantitative estimate of drug-likeness (QED) is 0.603. The maximum absolute atomic E-state index is 3.52. The lowest BCUT2D eigenvalue weighted by atomic mass is 10.2. The van der Waals surface area contributed by atoms with Gasteiger partial charge in [-0.2, -0.15) is 0 Å². The predicted octanol–water partition coefficient (Wildman–Crippen LogP) is 1.87. The maximum atomic E-state index is 3.52. The SMILES string of the molecule is CCN1CCC[C@@H]1CBr. The fourth-order valence-corrected chi connectivity index (χ4v) is 2.22. The van der Waals surface area contributed by atoms with Crippen molar-refractivity contribution in [1.82, 2.24) is 4.90 Å². The summed E-state index contributed by atoms with van der Waals surface area (Å²) in [6.07, 6.45) is 2.78. The summed E-state index contributed by atoms with van der Waals surface area (Å²) in [5.74, 6) is 0. The molecule has 0 amide bonds. The smallest absolute Gasteiger partial charge is 0.0193 e. The Labute approximate surface area is 65.6 Å². The van der Waals surface area contributed by atoms with Crippen LogP contribution in [0.1, 0.15) is 19.8 Å². The van der Waals surface area contributed by atoms with E-state index in [0.717, 1.165) is 11.4 Å². The molecule has 9 heavy (non-hydrogen) atoms. The summed E-state index contributed by atoms with van der Waals surface area (Å²) in [5, 5.41) is 1.15. The van der Waals surface area contributed by atoms with E-state index in [1.165, 1.54) is 25.9 Å². The Morgan fingerprint density at radius 1 is 1.67 bits per heavy atom. The van der Waals surface area contributed by atoms with Gasteiger partial charge in [0.2, 0.25) is 0 Å². The molecule has 0 bridgehead atoms. The van der Waals surface area contributed by atoms with Gasteiger partial charge in [0.15, 0.2) is 0 Å². The average Bonchev–Trinajstić information content (AvgIpc) is 2.33. The Kier molecular flexibility index (Phi) is 2.99. The van der Waals surface area contributed by atoms with Gasteiger partial charge in [-0.25, -0.2) is 0 Å². The van der Waals surface area contributed by atoms with Crippen molar-refractivity contribution >= 4 is 15.9 Å². The van der Waals surface area contributed by atoms with Gasteiger partial charge >= 0.3 is 0 Å². The Hall–Kier alpha value is 0.440. The fraction of sp³-hybridized carbons (Fsp3) is 1.00. The first-order valence-corrected chi connectivity index (χ1v) is 4.80. The highest BCUT2D eigenvalue weighted by Crippen LogP contribution is 2.17. The van der Waals surface area contributed by atoms with Gasteiger partial charge in [0, 0.05) is 11.4 Å². The topological polar surface area (TPSA) is 3.24 Å². The van der Waals surface area contributed by atoms with E-state index < -0.39 is 0 Å². The zero-order valence-electron chi connectivity index (χ0n) is 5.94. The van der Waals surface area contributed by atoms with Crippen molar-refractivity contribution in [2.75, 3.05) is 18.4 Å². The van der Waals surface area contributed by atoms with Crippen LogP contribution in [-0.2, 0) is 0 Å². The van der Waals surface area contributed by atoms with Crippen molar-refractivity contribution in [3.8, 4) is 0 Å². The second-order valence-corrected chi connectivity index (χ2v) is 3.23. The number of hydrogen-bond donors (Lipinski definition) is 0. The van der Waals surface area contributed by atoms with Crippen LogP contribution in [0.25, 0.3) is 0 Å². The van der Waals surface area contributed by atoms with Crippen molar-refractivity contribution < 1.29 is 0 Å². The second kappa shape index (κ2) is 3.57. The van der Waals surface area contributed by atoms with Crippen LogP contribution < -0.4 is 0 Å². The molecule has 1 rings (SSSR count). The molecule has 0 unspecified atom stereocenters. The zero-order chi connectivity index (χ0) is 6.69. The Morgan fingerprint density at radius 3 is 2.89 bits per heavy atom. The summed E-state index contributed by atoms with van der Waals surface area (Å²) in [7, 11) is 0. The minimum atomic E-state index is 0.829. The van der Waals surface area contributed by atoms with Gasteiger partial charge in [-0.1, -0.05) is 22.9 Å². The van der Waals surface area contributed by atoms with Gasteiger partial charge in [0.1, 0.15) is 0 Å². The molecular weight excluding hydrogens is 178 g/mol. The molecule has 1 heterocycles. The van der Waals surface area contributed by atoms with Crippen LogP contribution in [0.5, 0.6) is 0 Å². The number of halogens is 1. The molecule has 1 saturated heterocycles. The summed E-state index contributed by atoms with van der Waals surface area (Å²) in [4.78, 5) is 2.54. The predicted molar refractivity (Wildman–Crippen MR) is 44.1 cm³/mol. The molecule has 0 aromatic heterocycles. The van der Waals surface area contributed by atoms with E-state index in [4.69, 9.17) is 0 Å². The van der Waals surface area contributed by atoms with Crippen LogP contribution in [0.4, 0.5) is 0 Å². The van der Waals surface area contributed by atoms with Crippen molar-refractivity contribution in [2.45, 2.75) is 25.8 Å². The highest BCUT2D eigenvalue weighted by Gasteiger charge is 2.20. The number of likely N-dealkylation sites (tertiary alicyclic amines) is 1. The molecule has 2 heteroatoms. The molecular formula is C7H14BrN. The molecule has 1 aliphatic rings. The van der Waals surface area contributed by atoms with E-state index in [0.29, 0.717) is 0 Å². The minimum absolute atomic E-state index is 0.829. The molecule has 1 nitrogen and oxygen atoms in total. The molecule has 0 aromatic carbocycles. The molecule has 0 aromatic rings. The zero-order valence-corrected chi connectivity index (χ0v) is 7.52. The monoisotopic (exact) mass is 191 g/mol. The molecule has 0 spiro atoms. The minimum Gasteiger partial charge on any atom is -0.300 e. The number of alkyl halides is 1. The Balaban J connectivity index is 2.32. The van der Waals surface area contributed by atoms with E-state index in [-0.39, 0.29) is 0 Å². The number of rotatable bonds is 2. The fourth-order valence-electron chi connectivity index (χ4n) is 1.49. The van der Waals surface area contributed by atoms with Crippen LogP contribution in [0.15, 0.2) is 0 Å². The lowest BCUT2D eigenvalue weighted by molar-refractivity contribution is 0.288. The number of hydrogen-bond acceptors (Lipinski definition) is 1. The van der Waals surface area contributed by atoms with Crippen LogP contribution in [0, 0.1) is 0 Å². The summed E-state index contributed by atoms with van der Waals surface area (Å²) in [5.41, 5.74) is 0. The molecule has 1 aliphatic heterocycles. The number of nitrogens with zero attached hydrogens (tertiary/aromatic N) is 1. The Bertz CT molecular complexity index is 75.0. The van der Waals surface area contributed by atoms with Crippen molar-refractivity contribution in [3.05, 3.63) is 0 Å². The van der Waals surface area contributed by atoms with Gasteiger partial charge in [-0.15, -0.1) is 0 Å². The van der Waals surface area contributed by atoms with Crippen LogP contribution in [0.3, 0.4) is 0 Å². The van der Waals surface area contributed by atoms with Gasteiger partial charge in [-0.05, 0) is 25.9 Å². The standard InChI is InChI=1S/C7H14BrN/c1-2-9-5-3-4-7(9)6-8/h7H,2-6H2,1H3/t7-/m1/s1. The van der Waals surface area contributed by atoms with Crippen LogP contribution >= 0.6 is 15.9 Å². The van der Waals surface area contributed by atoms with E-state index in [9.17, 15) is 0 Å². The van der Waals surface area contributed by atoms with Gasteiger partial charge in [0.05, 0.1) is 0 Å². The van der Waals surface area contributed by atoms with Crippen LogP contribution in [-0.4, -0.2) is 29.4 Å². The third-order valence-corrected chi connectivity index (χ3v) is 2.83. The molecule has 0 saturated carbocycles. The summed E-state index contributed by atoms with van der Waals surface area (Å²) >= 11 is 3.52. The molecule has 1 fully saturated rings. The van der Waals surface area contributed by atoms with Crippen molar-refractivity contribution in [3.63, 3.8) is 0 Å². The Morgan fingerprint density at radius 2 is 2.44 bits per heavy atom. The lowest BCUT2D eigenvalue weighted by Crippen LogP contribution is -2.29. The van der Waals surface area contributed by atoms with Crippen molar-refractivity contribution in [1.29, 1.82) is 0 Å². The second-order valence-electron chi connectivity index (χ2n) is 2.58. The average molecular weight is 192 g/mol. The van der Waals surface area contributed by atoms with E-state index >= 15 is 0 Å². The lowest BCUT2D eigenvalue weighted by Gasteiger charge is -2.19. The first-order valence-electron chi connectivity index (χ1n) is 3.68. The highest BCUT2D eigenvalue weighted by molar-refractivity contribution is 9.09. The van der Waals surface area contributed by atoms with Gasteiger partial charge in [-0.3, -0.25) is 4.90 Å². The molecule has 0 radical (unpaired) electrons. The summed E-state index contributed by atoms with van der Waals surface area (Å²) in [6, 6.07) is 0.829. The molecule has 1 atom stereocenters. The molecule has 54 valence electrons. The molecule has 0 aliphatic carbocycles. The third-order valence-electron chi connectivity index (χ3n) is 2.08. The first kappa shape index (κ1) is 7.55. The van der Waals surface area contributed by atoms with E-state index in [1.54, 1.807) is 0 Å². The van der Waals surface area contributed by atoms with E-state index in [1.807, 2.05) is 0 Å². The normalized spacial score (nSPS) is 29.3. The van der Waals surface area contributed by atoms with E-state index in [2.05, 4.69) is 27.8 Å². The summed E-state index contributed by atoms with van der Waals surface area (Å²) < 4.78 is 0. The third kappa shape index (κ3) is 1.68. The van der Waals surface area contributed by atoms with Crippen LogP contribution in [0.2, 0.25) is 0 Å².